The van der Waals surface area contributed by atoms with Gasteiger partial charge in [-0.05, 0) is 61.4 Å². The summed E-state index contributed by atoms with van der Waals surface area (Å²) in [6, 6.07) is 9.50. The van der Waals surface area contributed by atoms with Crippen LogP contribution in [0.25, 0.3) is 0 Å². The standard InChI is InChI=1S/C19H17ClFNO5S/c20-14-5-9-16(10-6-14)28(25,26)22-11-1-2-17(22)19(24)27-12-18(23)13-3-7-15(21)8-4-13/h3-10,17H,1-2,11-12H2/t17-/m0/s1. The predicted molar refractivity (Wildman–Crippen MR) is 100 cm³/mol. The maximum absolute atomic E-state index is 12.9. The molecule has 2 aromatic carbocycles. The van der Waals surface area contributed by atoms with Crippen LogP contribution in [0.4, 0.5) is 4.39 Å². The van der Waals surface area contributed by atoms with Crippen molar-refractivity contribution in [2.75, 3.05) is 13.2 Å². The van der Waals surface area contributed by atoms with E-state index in [2.05, 4.69) is 0 Å². The van der Waals surface area contributed by atoms with Gasteiger partial charge in [0.15, 0.2) is 12.4 Å². The highest BCUT2D eigenvalue weighted by atomic mass is 35.5. The third-order valence-corrected chi connectivity index (χ3v) is 6.58. The average Bonchev–Trinajstić information content (AvgIpc) is 3.17. The third-order valence-electron chi connectivity index (χ3n) is 4.41. The first-order valence-electron chi connectivity index (χ1n) is 8.52. The Kier molecular flexibility index (Phi) is 6.12. The molecule has 0 spiro atoms. The number of benzene rings is 2. The van der Waals surface area contributed by atoms with Crippen molar-refractivity contribution in [1.29, 1.82) is 0 Å². The Hall–Kier alpha value is -2.29. The van der Waals surface area contributed by atoms with Crippen LogP contribution in [0.3, 0.4) is 0 Å². The van der Waals surface area contributed by atoms with Crippen LogP contribution in [0.5, 0.6) is 0 Å². The summed E-state index contributed by atoms with van der Waals surface area (Å²) in [4.78, 5) is 24.5. The maximum Gasteiger partial charge on any atom is 0.324 e. The molecule has 1 saturated heterocycles. The van der Waals surface area contributed by atoms with Crippen LogP contribution in [0, 0.1) is 5.82 Å². The highest BCUT2D eigenvalue weighted by Crippen LogP contribution is 2.27. The van der Waals surface area contributed by atoms with Crippen LogP contribution in [-0.4, -0.2) is 43.7 Å². The smallest absolute Gasteiger partial charge is 0.324 e. The fourth-order valence-electron chi connectivity index (χ4n) is 2.96. The Morgan fingerprint density at radius 2 is 1.75 bits per heavy atom. The summed E-state index contributed by atoms with van der Waals surface area (Å²) in [5.74, 6) is -1.77. The van der Waals surface area contributed by atoms with Crippen molar-refractivity contribution in [3.63, 3.8) is 0 Å². The normalized spacial score (nSPS) is 17.4. The van der Waals surface area contributed by atoms with Gasteiger partial charge in [-0.1, -0.05) is 11.6 Å². The quantitative estimate of drug-likeness (QED) is 0.525. The molecule has 1 heterocycles. The van der Waals surface area contributed by atoms with Gasteiger partial charge in [-0.2, -0.15) is 4.31 Å². The van der Waals surface area contributed by atoms with E-state index in [-0.39, 0.29) is 17.0 Å². The predicted octanol–water partition coefficient (Wildman–Crippen LogP) is 3.06. The van der Waals surface area contributed by atoms with E-state index in [1.165, 1.54) is 36.4 Å². The number of nitrogens with zero attached hydrogens (tertiary/aromatic N) is 1. The second-order valence-corrected chi connectivity index (χ2v) is 8.59. The molecule has 0 aromatic heterocycles. The van der Waals surface area contributed by atoms with Crippen molar-refractivity contribution >= 4 is 33.4 Å². The molecule has 6 nitrogen and oxygen atoms in total. The van der Waals surface area contributed by atoms with Gasteiger partial charge in [-0.15, -0.1) is 0 Å². The van der Waals surface area contributed by atoms with Gasteiger partial charge in [0.1, 0.15) is 11.9 Å². The number of ketones is 1. The van der Waals surface area contributed by atoms with Gasteiger partial charge >= 0.3 is 5.97 Å². The average molecular weight is 426 g/mol. The molecule has 0 N–H and O–H groups in total. The van der Waals surface area contributed by atoms with E-state index in [1.807, 2.05) is 0 Å². The number of carbonyl (C=O) groups excluding carboxylic acids is 2. The summed E-state index contributed by atoms with van der Waals surface area (Å²) >= 11 is 5.80. The molecule has 148 valence electrons. The highest BCUT2D eigenvalue weighted by Gasteiger charge is 2.40. The van der Waals surface area contributed by atoms with Crippen LogP contribution < -0.4 is 0 Å². The minimum absolute atomic E-state index is 0.0268. The van der Waals surface area contributed by atoms with E-state index in [4.69, 9.17) is 16.3 Å². The van der Waals surface area contributed by atoms with Crippen molar-refractivity contribution in [3.05, 3.63) is 64.9 Å². The molecule has 3 rings (SSSR count). The van der Waals surface area contributed by atoms with Gasteiger partial charge in [0.2, 0.25) is 10.0 Å². The monoisotopic (exact) mass is 425 g/mol. The molecular weight excluding hydrogens is 409 g/mol. The van der Waals surface area contributed by atoms with Gasteiger partial charge in [-0.25, -0.2) is 12.8 Å². The topological polar surface area (TPSA) is 80.8 Å². The summed E-state index contributed by atoms with van der Waals surface area (Å²) < 4.78 is 44.7. The van der Waals surface area contributed by atoms with Gasteiger partial charge in [-0.3, -0.25) is 9.59 Å². The maximum atomic E-state index is 12.9. The molecule has 1 aliphatic heterocycles. The Bertz CT molecular complexity index is 976. The van der Waals surface area contributed by atoms with E-state index < -0.39 is 40.2 Å². The van der Waals surface area contributed by atoms with Crippen LogP contribution in [0.2, 0.25) is 5.02 Å². The molecule has 1 aliphatic rings. The SMILES string of the molecule is O=C(COC(=O)[C@@H]1CCCN1S(=O)(=O)c1ccc(Cl)cc1)c1ccc(F)cc1. The molecule has 0 bridgehead atoms. The first-order valence-corrected chi connectivity index (χ1v) is 10.3. The molecule has 0 unspecified atom stereocenters. The Morgan fingerprint density at radius 3 is 2.39 bits per heavy atom. The molecule has 0 saturated carbocycles. The summed E-state index contributed by atoms with van der Waals surface area (Å²) in [5.41, 5.74) is 0.200. The number of hydrogen-bond donors (Lipinski definition) is 0. The second kappa shape index (κ2) is 8.38. The summed E-state index contributed by atoms with van der Waals surface area (Å²) in [7, 11) is -3.90. The van der Waals surface area contributed by atoms with Gasteiger partial charge in [0.25, 0.3) is 0 Å². The molecule has 0 radical (unpaired) electrons. The van der Waals surface area contributed by atoms with Crippen molar-refractivity contribution < 1.29 is 27.1 Å². The highest BCUT2D eigenvalue weighted by molar-refractivity contribution is 7.89. The number of ether oxygens (including phenoxy) is 1. The number of esters is 1. The lowest BCUT2D eigenvalue weighted by Gasteiger charge is -2.22. The molecule has 0 amide bonds. The van der Waals surface area contributed by atoms with Crippen molar-refractivity contribution in [2.24, 2.45) is 0 Å². The number of rotatable bonds is 6. The first kappa shape index (κ1) is 20.4. The van der Waals surface area contributed by atoms with Crippen LogP contribution in [0.15, 0.2) is 53.4 Å². The first-order chi connectivity index (χ1) is 13.3. The number of hydrogen-bond acceptors (Lipinski definition) is 5. The van der Waals surface area contributed by atoms with Gasteiger partial charge in [0.05, 0.1) is 4.90 Å². The minimum atomic E-state index is -3.90. The van der Waals surface area contributed by atoms with E-state index in [0.29, 0.717) is 17.9 Å². The van der Waals surface area contributed by atoms with Crippen LogP contribution in [-0.2, 0) is 19.6 Å². The lowest BCUT2D eigenvalue weighted by Crippen LogP contribution is -2.41. The number of Topliss-reactive ketones (excluding diaryl/α,β-unsaturated/α-hetero) is 1. The number of carbonyl (C=O) groups is 2. The van der Waals surface area contributed by atoms with E-state index >= 15 is 0 Å². The number of halogens is 2. The minimum Gasteiger partial charge on any atom is -0.456 e. The largest absolute Gasteiger partial charge is 0.456 e. The molecule has 9 heteroatoms. The zero-order valence-electron chi connectivity index (χ0n) is 14.7. The summed E-state index contributed by atoms with van der Waals surface area (Å²) in [6.07, 6.45) is 0.800. The van der Waals surface area contributed by atoms with Crippen LogP contribution >= 0.6 is 11.6 Å². The van der Waals surface area contributed by atoms with E-state index in [1.54, 1.807) is 0 Å². The van der Waals surface area contributed by atoms with Gasteiger partial charge < -0.3 is 4.74 Å². The van der Waals surface area contributed by atoms with Crippen molar-refractivity contribution in [3.8, 4) is 0 Å². The lowest BCUT2D eigenvalue weighted by molar-refractivity contribution is -0.146. The fraction of sp³-hybridized carbons (Fsp3) is 0.263. The third kappa shape index (κ3) is 4.40. The summed E-state index contributed by atoms with van der Waals surface area (Å²) in [5, 5.41) is 0.399. The van der Waals surface area contributed by atoms with E-state index in [0.717, 1.165) is 16.4 Å². The van der Waals surface area contributed by atoms with Crippen molar-refractivity contribution in [1.82, 2.24) is 4.31 Å². The zero-order chi connectivity index (χ0) is 20.3. The number of sulfonamides is 1. The molecule has 1 atom stereocenters. The summed E-state index contributed by atoms with van der Waals surface area (Å²) in [6.45, 7) is -0.369. The Balaban J connectivity index is 1.68. The fourth-order valence-corrected chi connectivity index (χ4v) is 4.73. The van der Waals surface area contributed by atoms with Crippen LogP contribution in [0.1, 0.15) is 23.2 Å². The molecular formula is C19H17ClFNO5S. The Labute approximate surface area is 166 Å². The van der Waals surface area contributed by atoms with Gasteiger partial charge in [0, 0.05) is 17.1 Å². The second-order valence-electron chi connectivity index (χ2n) is 6.27. The van der Waals surface area contributed by atoms with Crippen molar-refractivity contribution in [2.45, 2.75) is 23.8 Å². The Morgan fingerprint density at radius 1 is 1.11 bits per heavy atom. The zero-order valence-corrected chi connectivity index (χ0v) is 16.2. The molecule has 28 heavy (non-hydrogen) atoms. The molecule has 0 aliphatic carbocycles. The lowest BCUT2D eigenvalue weighted by atomic mass is 10.1. The molecule has 1 fully saturated rings. The van der Waals surface area contributed by atoms with E-state index in [9.17, 15) is 22.4 Å². The molecule has 2 aromatic rings.